The molecule has 0 saturated carbocycles. The van der Waals surface area contributed by atoms with E-state index >= 15 is 0 Å². The van der Waals surface area contributed by atoms with E-state index in [1.807, 2.05) is 23.7 Å². The molecule has 28 heavy (non-hydrogen) atoms. The van der Waals surface area contributed by atoms with Crippen molar-refractivity contribution in [2.45, 2.75) is 10.4 Å². The lowest BCUT2D eigenvalue weighted by Gasteiger charge is -2.17. The van der Waals surface area contributed by atoms with Crippen LogP contribution in [0.2, 0.25) is 0 Å². The van der Waals surface area contributed by atoms with E-state index in [2.05, 4.69) is 15.2 Å². The van der Waals surface area contributed by atoms with Gasteiger partial charge in [0.15, 0.2) is 11.0 Å². The Morgan fingerprint density at radius 2 is 1.46 bits per heavy atom. The van der Waals surface area contributed by atoms with E-state index in [4.69, 9.17) is 0 Å². The maximum Gasteiger partial charge on any atom is 0.192 e. The summed E-state index contributed by atoms with van der Waals surface area (Å²) >= 11 is 1.47. The topological polar surface area (TPSA) is 43.6 Å². The Kier molecular flexibility index (Phi) is 5.16. The van der Waals surface area contributed by atoms with Crippen LogP contribution in [0.4, 0.5) is 8.78 Å². The Morgan fingerprint density at radius 3 is 2.00 bits per heavy atom. The van der Waals surface area contributed by atoms with Crippen LogP contribution in [0.15, 0.2) is 78.2 Å². The average molecular weight is 394 g/mol. The van der Waals surface area contributed by atoms with Crippen molar-refractivity contribution in [3.8, 4) is 11.4 Å². The summed E-state index contributed by atoms with van der Waals surface area (Å²) in [6.07, 6.45) is 3.44. The molecule has 0 atom stereocenters. The highest BCUT2D eigenvalue weighted by molar-refractivity contribution is 7.99. The molecule has 2 heterocycles. The van der Waals surface area contributed by atoms with Gasteiger partial charge in [0, 0.05) is 25.0 Å². The molecule has 4 aromatic rings. The van der Waals surface area contributed by atoms with E-state index in [0.29, 0.717) is 11.0 Å². The first-order valence-corrected chi connectivity index (χ1v) is 9.47. The minimum atomic E-state index is -0.302. The molecule has 2 aromatic carbocycles. The van der Waals surface area contributed by atoms with Crippen LogP contribution in [0.1, 0.15) is 16.4 Å². The number of rotatable bonds is 5. The van der Waals surface area contributed by atoms with Gasteiger partial charge in [-0.25, -0.2) is 8.78 Å². The molecule has 4 nitrogen and oxygen atoms in total. The van der Waals surface area contributed by atoms with Crippen molar-refractivity contribution < 1.29 is 8.78 Å². The molecule has 7 heteroatoms. The maximum atomic E-state index is 13.4. The molecule has 0 N–H and O–H groups in total. The lowest BCUT2D eigenvalue weighted by atomic mass is 10.0. The zero-order valence-electron chi connectivity index (χ0n) is 15.0. The summed E-state index contributed by atoms with van der Waals surface area (Å²) < 4.78 is 28.7. The second-order valence-corrected chi connectivity index (χ2v) is 7.28. The van der Waals surface area contributed by atoms with Gasteiger partial charge in [-0.05, 0) is 47.5 Å². The Morgan fingerprint density at radius 1 is 0.857 bits per heavy atom. The van der Waals surface area contributed by atoms with Crippen LogP contribution in [0.3, 0.4) is 0 Å². The van der Waals surface area contributed by atoms with Gasteiger partial charge in [0.05, 0.1) is 5.25 Å². The monoisotopic (exact) mass is 394 g/mol. The Balaban J connectivity index is 1.71. The molecule has 0 aliphatic rings. The average Bonchev–Trinajstić information content (AvgIpc) is 3.09. The molecule has 0 fully saturated rings. The van der Waals surface area contributed by atoms with Crippen molar-refractivity contribution in [2.75, 3.05) is 0 Å². The highest BCUT2D eigenvalue weighted by Gasteiger charge is 2.21. The number of halogens is 2. The highest BCUT2D eigenvalue weighted by Crippen LogP contribution is 2.40. The van der Waals surface area contributed by atoms with Crippen LogP contribution in [-0.4, -0.2) is 19.7 Å². The fourth-order valence-electron chi connectivity index (χ4n) is 2.87. The predicted octanol–water partition coefficient (Wildman–Crippen LogP) is 5.04. The van der Waals surface area contributed by atoms with Crippen LogP contribution in [0.5, 0.6) is 0 Å². The smallest absolute Gasteiger partial charge is 0.192 e. The number of thioether (sulfide) groups is 1. The number of nitrogens with zero attached hydrogens (tertiary/aromatic N) is 4. The molecule has 0 amide bonds. The summed E-state index contributed by atoms with van der Waals surface area (Å²) in [5.41, 5.74) is 2.65. The van der Waals surface area contributed by atoms with Gasteiger partial charge >= 0.3 is 0 Å². The molecule has 0 aliphatic carbocycles. The molecule has 0 aliphatic heterocycles. The molecule has 2 aromatic heterocycles. The van der Waals surface area contributed by atoms with Crippen molar-refractivity contribution in [1.29, 1.82) is 0 Å². The largest absolute Gasteiger partial charge is 0.305 e. The lowest BCUT2D eigenvalue weighted by Crippen LogP contribution is -2.01. The molecular formula is C21H16F2N4S. The van der Waals surface area contributed by atoms with Gasteiger partial charge in [0.2, 0.25) is 0 Å². The van der Waals surface area contributed by atoms with Gasteiger partial charge < -0.3 is 4.57 Å². The number of pyridine rings is 1. The first-order chi connectivity index (χ1) is 13.6. The Bertz CT molecular complexity index is 1020. The molecule has 0 unspecified atom stereocenters. The third-order valence-corrected chi connectivity index (χ3v) is 5.67. The van der Waals surface area contributed by atoms with Gasteiger partial charge in [-0.1, -0.05) is 36.0 Å². The second kappa shape index (κ2) is 7.90. The highest BCUT2D eigenvalue weighted by atomic mass is 32.2. The minimum absolute atomic E-state index is 0.189. The molecule has 140 valence electrons. The molecule has 0 radical (unpaired) electrons. The van der Waals surface area contributed by atoms with E-state index in [1.54, 1.807) is 36.7 Å². The van der Waals surface area contributed by atoms with Crippen molar-refractivity contribution in [1.82, 2.24) is 19.7 Å². The third-order valence-electron chi connectivity index (χ3n) is 4.32. The van der Waals surface area contributed by atoms with Gasteiger partial charge in [-0.2, -0.15) is 0 Å². The van der Waals surface area contributed by atoms with Crippen LogP contribution >= 0.6 is 11.8 Å². The Labute approximate surface area is 165 Å². The fourth-order valence-corrected chi connectivity index (χ4v) is 4.00. The van der Waals surface area contributed by atoms with E-state index in [1.165, 1.54) is 36.0 Å². The van der Waals surface area contributed by atoms with Crippen molar-refractivity contribution >= 4 is 11.8 Å². The molecule has 4 rings (SSSR count). The zero-order chi connectivity index (χ0) is 19.5. The summed E-state index contributed by atoms with van der Waals surface area (Å²) in [4.78, 5) is 4.13. The SMILES string of the molecule is Cn1c(SC(c2ccc(F)cc2)c2ccc(F)cc2)nnc1-c1cccnc1. The van der Waals surface area contributed by atoms with E-state index in [-0.39, 0.29) is 16.9 Å². The number of hydrogen-bond acceptors (Lipinski definition) is 4. The van der Waals surface area contributed by atoms with Crippen LogP contribution in [0.25, 0.3) is 11.4 Å². The molecule has 0 spiro atoms. The van der Waals surface area contributed by atoms with Crippen molar-refractivity contribution in [3.63, 3.8) is 0 Å². The lowest BCUT2D eigenvalue weighted by molar-refractivity contribution is 0.626. The van der Waals surface area contributed by atoms with E-state index in [9.17, 15) is 8.78 Å². The van der Waals surface area contributed by atoms with Crippen molar-refractivity contribution in [2.24, 2.45) is 7.05 Å². The first-order valence-electron chi connectivity index (χ1n) is 8.59. The van der Waals surface area contributed by atoms with Gasteiger partial charge in [0.25, 0.3) is 0 Å². The van der Waals surface area contributed by atoms with Gasteiger partial charge in [-0.3, -0.25) is 4.98 Å². The maximum absolute atomic E-state index is 13.4. The number of hydrogen-bond donors (Lipinski definition) is 0. The summed E-state index contributed by atoms with van der Waals surface area (Å²) in [6, 6.07) is 16.4. The zero-order valence-corrected chi connectivity index (χ0v) is 15.8. The van der Waals surface area contributed by atoms with E-state index < -0.39 is 0 Å². The number of benzene rings is 2. The van der Waals surface area contributed by atoms with Crippen LogP contribution < -0.4 is 0 Å². The van der Waals surface area contributed by atoms with Crippen LogP contribution in [0, 0.1) is 11.6 Å². The minimum Gasteiger partial charge on any atom is -0.305 e. The van der Waals surface area contributed by atoms with Crippen molar-refractivity contribution in [3.05, 3.63) is 95.8 Å². The molecular weight excluding hydrogens is 378 g/mol. The third kappa shape index (κ3) is 3.80. The van der Waals surface area contributed by atoms with Gasteiger partial charge in [-0.15, -0.1) is 10.2 Å². The summed E-state index contributed by atoms with van der Waals surface area (Å²) in [6.45, 7) is 0. The molecule has 0 saturated heterocycles. The normalized spacial score (nSPS) is 11.1. The van der Waals surface area contributed by atoms with Gasteiger partial charge in [0.1, 0.15) is 11.6 Å². The quantitative estimate of drug-likeness (QED) is 0.445. The predicted molar refractivity (Wildman–Crippen MR) is 105 cm³/mol. The standard InChI is InChI=1S/C21H16F2N4S/c1-27-20(16-3-2-12-24-13-16)25-26-21(27)28-19(14-4-8-17(22)9-5-14)15-6-10-18(23)11-7-15/h2-13,19H,1H3. The molecule has 0 bridgehead atoms. The Hall–Kier alpha value is -3.06. The van der Waals surface area contributed by atoms with Crippen LogP contribution in [-0.2, 0) is 7.05 Å². The summed E-state index contributed by atoms with van der Waals surface area (Å²) in [5.74, 6) is 0.0980. The number of aromatic nitrogens is 4. The summed E-state index contributed by atoms with van der Waals surface area (Å²) in [5, 5.41) is 9.11. The fraction of sp³-hybridized carbons (Fsp3) is 0.0952. The summed E-state index contributed by atoms with van der Waals surface area (Å²) in [7, 11) is 1.89. The van der Waals surface area contributed by atoms with E-state index in [0.717, 1.165) is 16.7 Å². The second-order valence-electron chi connectivity index (χ2n) is 6.21. The first kappa shape index (κ1) is 18.3.